The Morgan fingerprint density at radius 1 is 1.00 bits per heavy atom. The minimum Gasteiger partial charge on any atom is -0.306 e. The van der Waals surface area contributed by atoms with Crippen molar-refractivity contribution in [3.63, 3.8) is 0 Å². The second kappa shape index (κ2) is 6.26. The molecule has 0 amide bonds. The Bertz CT molecular complexity index is 730. The molecule has 0 saturated carbocycles. The van der Waals surface area contributed by atoms with Crippen LogP contribution in [0.5, 0.6) is 0 Å². The van der Waals surface area contributed by atoms with Crippen LogP contribution in [0.25, 0.3) is 22.3 Å². The van der Waals surface area contributed by atoms with Crippen molar-refractivity contribution in [2.45, 2.75) is 0 Å². The van der Waals surface area contributed by atoms with E-state index in [4.69, 9.17) is 0 Å². The molecule has 0 spiro atoms. The number of pyridine rings is 2. The van der Waals surface area contributed by atoms with E-state index in [9.17, 15) is 4.79 Å². The first-order valence-electron chi connectivity index (χ1n) is 5.09. The van der Waals surface area contributed by atoms with Gasteiger partial charge in [0.05, 0.1) is 17.1 Å². The lowest BCUT2D eigenvalue weighted by Crippen LogP contribution is -2.09. The first kappa shape index (κ1) is 15.1. The zero-order valence-corrected chi connectivity index (χ0v) is 11.2. The lowest BCUT2D eigenvalue weighted by Gasteiger charge is -2.01. The Kier molecular flexibility index (Phi) is 4.97. The Morgan fingerprint density at radius 2 is 1.79 bits per heavy atom. The van der Waals surface area contributed by atoms with Gasteiger partial charge in [-0.2, -0.15) is 0 Å². The van der Waals surface area contributed by atoms with Crippen LogP contribution in [0.1, 0.15) is 0 Å². The van der Waals surface area contributed by atoms with Gasteiger partial charge in [-0.3, -0.25) is 14.8 Å². The van der Waals surface area contributed by atoms with Crippen LogP contribution in [0.2, 0.25) is 0 Å². The Balaban J connectivity index is 0.000000902. The lowest BCUT2D eigenvalue weighted by molar-refractivity contribution is 1.16. The van der Waals surface area contributed by atoms with Crippen LogP contribution in [-0.4, -0.2) is 19.9 Å². The van der Waals surface area contributed by atoms with E-state index in [0.717, 1.165) is 5.56 Å². The number of halogens is 2. The summed E-state index contributed by atoms with van der Waals surface area (Å²) in [5, 5.41) is 0.535. The maximum atomic E-state index is 11.8. The van der Waals surface area contributed by atoms with Crippen molar-refractivity contribution in [2.75, 3.05) is 0 Å². The fraction of sp³-hybridized carbons (Fsp3) is 0. The molecule has 0 unspecified atom stereocenters. The number of fused-ring (bicyclic) bond motifs is 1. The van der Waals surface area contributed by atoms with Crippen LogP contribution in [0.15, 0.2) is 47.8 Å². The van der Waals surface area contributed by atoms with Gasteiger partial charge in [-0.15, -0.1) is 24.8 Å². The van der Waals surface area contributed by atoms with Gasteiger partial charge in [0.15, 0.2) is 0 Å². The number of hydrogen-bond acceptors (Lipinski definition) is 4. The van der Waals surface area contributed by atoms with Gasteiger partial charge < -0.3 is 4.98 Å². The largest absolute Gasteiger partial charge is 0.306 e. The highest BCUT2D eigenvalue weighted by Crippen LogP contribution is 2.13. The summed E-state index contributed by atoms with van der Waals surface area (Å²) < 4.78 is 0. The van der Waals surface area contributed by atoms with Crippen LogP contribution in [-0.2, 0) is 0 Å². The average molecular weight is 297 g/mol. The molecule has 0 radical (unpaired) electrons. The number of nitrogens with zero attached hydrogens (tertiary/aromatic N) is 3. The Hall–Kier alpha value is -1.98. The number of hydrogen-bond donors (Lipinski definition) is 1. The maximum Gasteiger partial charge on any atom is 0.259 e. The van der Waals surface area contributed by atoms with Crippen LogP contribution >= 0.6 is 24.8 Å². The van der Waals surface area contributed by atoms with Crippen molar-refractivity contribution in [2.24, 2.45) is 0 Å². The molecule has 3 aromatic rings. The molecule has 7 heteroatoms. The zero-order valence-electron chi connectivity index (χ0n) is 9.61. The van der Waals surface area contributed by atoms with Crippen LogP contribution in [0.4, 0.5) is 0 Å². The molecule has 19 heavy (non-hydrogen) atoms. The van der Waals surface area contributed by atoms with Gasteiger partial charge in [0.2, 0.25) is 0 Å². The number of aromatic nitrogens is 4. The topological polar surface area (TPSA) is 71.5 Å². The van der Waals surface area contributed by atoms with Crippen LogP contribution < -0.4 is 5.56 Å². The molecule has 3 aromatic heterocycles. The van der Waals surface area contributed by atoms with Gasteiger partial charge >= 0.3 is 0 Å². The van der Waals surface area contributed by atoms with E-state index >= 15 is 0 Å². The minimum atomic E-state index is -0.170. The zero-order chi connectivity index (χ0) is 11.7. The third kappa shape index (κ3) is 2.89. The normalized spacial score (nSPS) is 9.47. The van der Waals surface area contributed by atoms with E-state index in [-0.39, 0.29) is 30.4 Å². The predicted octanol–water partition coefficient (Wildman–Crippen LogP) is 2.22. The summed E-state index contributed by atoms with van der Waals surface area (Å²) in [5.74, 6) is 0.503. The molecule has 5 nitrogen and oxygen atoms in total. The quantitative estimate of drug-likeness (QED) is 0.747. The summed E-state index contributed by atoms with van der Waals surface area (Å²) in [6, 6.07) is 5.28. The molecule has 98 valence electrons. The van der Waals surface area contributed by atoms with E-state index in [0.29, 0.717) is 16.7 Å². The number of rotatable bonds is 1. The molecule has 0 saturated heterocycles. The molecule has 0 aliphatic rings. The van der Waals surface area contributed by atoms with Gasteiger partial charge in [0, 0.05) is 24.2 Å². The van der Waals surface area contributed by atoms with Crippen molar-refractivity contribution in [3.05, 3.63) is 53.3 Å². The lowest BCUT2D eigenvalue weighted by atomic mass is 10.2. The third-order valence-electron chi connectivity index (χ3n) is 2.44. The van der Waals surface area contributed by atoms with Gasteiger partial charge in [-0.25, -0.2) is 4.98 Å². The molecular formula is C12H10Cl2N4O. The van der Waals surface area contributed by atoms with Crippen LogP contribution in [0.3, 0.4) is 0 Å². The third-order valence-corrected chi connectivity index (χ3v) is 2.44. The molecule has 0 atom stereocenters. The highest BCUT2D eigenvalue weighted by atomic mass is 35.5. The van der Waals surface area contributed by atoms with Gasteiger partial charge in [0.25, 0.3) is 5.56 Å². The maximum absolute atomic E-state index is 11.8. The van der Waals surface area contributed by atoms with Crippen molar-refractivity contribution in [3.8, 4) is 11.4 Å². The fourth-order valence-electron chi connectivity index (χ4n) is 1.63. The van der Waals surface area contributed by atoms with E-state index in [1.165, 1.54) is 0 Å². The monoisotopic (exact) mass is 296 g/mol. The molecule has 0 bridgehead atoms. The summed E-state index contributed by atoms with van der Waals surface area (Å²) in [6.45, 7) is 0. The second-order valence-electron chi connectivity index (χ2n) is 3.55. The summed E-state index contributed by atoms with van der Waals surface area (Å²) >= 11 is 0. The van der Waals surface area contributed by atoms with Gasteiger partial charge in [-0.05, 0) is 18.2 Å². The minimum absolute atomic E-state index is 0. The fourth-order valence-corrected chi connectivity index (χ4v) is 1.63. The van der Waals surface area contributed by atoms with Crippen molar-refractivity contribution >= 4 is 35.7 Å². The second-order valence-corrected chi connectivity index (χ2v) is 3.55. The number of H-pyrrole nitrogens is 1. The first-order chi connectivity index (χ1) is 8.34. The molecule has 0 aliphatic heterocycles. The molecular weight excluding hydrogens is 287 g/mol. The van der Waals surface area contributed by atoms with Gasteiger partial charge in [-0.1, -0.05) is 0 Å². The molecule has 1 N–H and O–H groups in total. The van der Waals surface area contributed by atoms with Crippen molar-refractivity contribution in [1.29, 1.82) is 0 Å². The molecule has 0 aromatic carbocycles. The Labute approximate surface area is 121 Å². The van der Waals surface area contributed by atoms with Crippen LogP contribution in [0, 0.1) is 0 Å². The summed E-state index contributed by atoms with van der Waals surface area (Å²) in [7, 11) is 0. The number of aromatic amines is 1. The van der Waals surface area contributed by atoms with E-state index in [1.807, 2.05) is 6.07 Å². The highest BCUT2D eigenvalue weighted by Gasteiger charge is 2.05. The van der Waals surface area contributed by atoms with E-state index in [2.05, 4.69) is 19.9 Å². The van der Waals surface area contributed by atoms with E-state index in [1.54, 1.807) is 36.9 Å². The van der Waals surface area contributed by atoms with Gasteiger partial charge in [0.1, 0.15) is 5.82 Å². The average Bonchev–Trinajstić information content (AvgIpc) is 2.40. The number of nitrogens with one attached hydrogen (secondary N) is 1. The first-order valence-corrected chi connectivity index (χ1v) is 5.09. The standard InChI is InChI=1S/C12H8N4O.2ClH/c17-12-9-3-5-14-7-10(9)15-11(16-12)8-2-1-4-13-6-8;;/h1-7H,(H,15,16,17);2*1H. The smallest absolute Gasteiger partial charge is 0.259 e. The Morgan fingerprint density at radius 3 is 2.53 bits per heavy atom. The van der Waals surface area contributed by atoms with Crippen molar-refractivity contribution < 1.29 is 0 Å². The summed E-state index contributed by atoms with van der Waals surface area (Å²) in [5.41, 5.74) is 1.18. The predicted molar refractivity (Wildman–Crippen MR) is 77.9 cm³/mol. The highest BCUT2D eigenvalue weighted by molar-refractivity contribution is 5.85. The SMILES string of the molecule is Cl.Cl.O=c1[nH]c(-c2cccnc2)nc2cnccc12. The van der Waals surface area contributed by atoms with Crippen molar-refractivity contribution in [1.82, 2.24) is 19.9 Å². The molecule has 3 heterocycles. The summed E-state index contributed by atoms with van der Waals surface area (Å²) in [4.78, 5) is 26.9. The molecule has 3 rings (SSSR count). The molecule has 0 aliphatic carbocycles. The molecule has 0 fully saturated rings. The summed E-state index contributed by atoms with van der Waals surface area (Å²) in [6.07, 6.45) is 6.47. The van der Waals surface area contributed by atoms with E-state index < -0.39 is 0 Å².